The van der Waals surface area contributed by atoms with Crippen molar-refractivity contribution in [1.82, 2.24) is 0 Å². The van der Waals surface area contributed by atoms with Crippen LogP contribution in [0.25, 0.3) is 11.1 Å². The average molecular weight is 606 g/mol. The number of benzene rings is 5. The molecule has 0 aromatic heterocycles. The van der Waals surface area contributed by atoms with Crippen LogP contribution in [-0.2, 0) is 5.41 Å². The third kappa shape index (κ3) is 4.86. The second kappa shape index (κ2) is 11.3. The van der Waals surface area contributed by atoms with Gasteiger partial charge in [0.2, 0.25) is 0 Å². The first kappa shape index (κ1) is 30.0. The van der Waals surface area contributed by atoms with Gasteiger partial charge in [0, 0.05) is 16.0 Å². The van der Waals surface area contributed by atoms with Gasteiger partial charge in [0.15, 0.2) is 0 Å². The van der Waals surface area contributed by atoms with Crippen molar-refractivity contribution in [3.63, 3.8) is 0 Å². The fourth-order valence-electron chi connectivity index (χ4n) is 7.60. The van der Waals surface area contributed by atoms with Crippen LogP contribution in [0.2, 0.25) is 0 Å². The maximum absolute atomic E-state index is 2.51. The monoisotopic (exact) mass is 605 g/mol. The van der Waals surface area contributed by atoms with E-state index in [1.165, 1.54) is 71.8 Å². The van der Waals surface area contributed by atoms with E-state index in [9.17, 15) is 0 Å². The van der Waals surface area contributed by atoms with Gasteiger partial charge in [0.05, 0.1) is 11.4 Å². The van der Waals surface area contributed by atoms with Gasteiger partial charge >= 0.3 is 0 Å². The lowest BCUT2D eigenvalue weighted by molar-refractivity contribution is 0.632. The lowest BCUT2D eigenvalue weighted by Crippen LogP contribution is -2.46. The summed E-state index contributed by atoms with van der Waals surface area (Å²) in [7, 11) is 0. The maximum Gasteiger partial charge on any atom is 0.282 e. The molecular formula is C42H44BNS. The van der Waals surface area contributed by atoms with Crippen LogP contribution >= 0.6 is 11.6 Å². The molecule has 2 heterocycles. The molecule has 0 radical (unpaired) electrons. The normalized spacial score (nSPS) is 14.8. The molecule has 0 spiro atoms. The van der Waals surface area contributed by atoms with Crippen LogP contribution < -0.4 is 15.8 Å². The molecule has 0 unspecified atom stereocenters. The van der Waals surface area contributed by atoms with Crippen LogP contribution in [0.5, 0.6) is 0 Å². The average Bonchev–Trinajstić information content (AvgIpc) is 3.04. The molecule has 5 aromatic carbocycles. The van der Waals surface area contributed by atoms with Gasteiger partial charge in [-0.3, -0.25) is 0 Å². The van der Waals surface area contributed by atoms with E-state index in [2.05, 4.69) is 163 Å². The van der Waals surface area contributed by atoms with E-state index in [1.807, 2.05) is 11.6 Å². The first-order chi connectivity index (χ1) is 21.6. The van der Waals surface area contributed by atoms with Crippen LogP contribution in [0.1, 0.15) is 101 Å². The smallest absolute Gasteiger partial charge is 0.282 e. The molecule has 0 atom stereocenters. The largest absolute Gasteiger partial charge is 0.310 e. The molecule has 2 aliphatic heterocycles. The van der Waals surface area contributed by atoms with Crippen LogP contribution in [0.15, 0.2) is 108 Å². The number of hydrogen-bond donors (Lipinski definition) is 0. The zero-order chi connectivity index (χ0) is 31.6. The van der Waals surface area contributed by atoms with Crippen molar-refractivity contribution in [2.75, 3.05) is 4.90 Å². The van der Waals surface area contributed by atoms with Crippen LogP contribution in [0, 0.1) is 0 Å². The Morgan fingerprint density at radius 3 is 1.73 bits per heavy atom. The highest BCUT2D eigenvalue weighted by Gasteiger charge is 2.38. The molecule has 7 rings (SSSR count). The summed E-state index contributed by atoms with van der Waals surface area (Å²) in [6.45, 7) is 18.8. The molecule has 0 amide bonds. The van der Waals surface area contributed by atoms with Gasteiger partial charge in [0.1, 0.15) is 0 Å². The van der Waals surface area contributed by atoms with Crippen LogP contribution in [0.4, 0.5) is 17.1 Å². The molecule has 226 valence electrons. The minimum absolute atomic E-state index is 0.0745. The molecule has 0 bridgehead atoms. The quantitative estimate of drug-likeness (QED) is 0.183. The van der Waals surface area contributed by atoms with E-state index in [0.717, 1.165) is 0 Å². The Labute approximate surface area is 275 Å². The predicted molar refractivity (Wildman–Crippen MR) is 198 cm³/mol. The summed E-state index contributed by atoms with van der Waals surface area (Å²) < 4.78 is 0. The van der Waals surface area contributed by atoms with E-state index in [1.54, 1.807) is 0 Å². The van der Waals surface area contributed by atoms with E-state index in [-0.39, 0.29) is 11.4 Å². The zero-order valence-electron chi connectivity index (χ0n) is 28.0. The minimum Gasteiger partial charge on any atom is -0.310 e. The summed E-state index contributed by atoms with van der Waals surface area (Å²) in [5.41, 5.74) is 16.5. The van der Waals surface area contributed by atoms with Crippen molar-refractivity contribution in [2.24, 2.45) is 0 Å². The molecule has 0 fully saturated rings. The van der Waals surface area contributed by atoms with Gasteiger partial charge in [-0.1, -0.05) is 139 Å². The molecule has 0 saturated carbocycles. The first-order valence-electron chi connectivity index (χ1n) is 16.6. The fourth-order valence-corrected chi connectivity index (χ4v) is 9.04. The Kier molecular flexibility index (Phi) is 7.52. The lowest BCUT2D eigenvalue weighted by Gasteiger charge is -2.42. The van der Waals surface area contributed by atoms with Crippen molar-refractivity contribution in [3.8, 4) is 11.1 Å². The number of nitrogens with zero attached hydrogens (tertiary/aromatic N) is 1. The Bertz CT molecular complexity index is 1840. The number of fused-ring (bicyclic) bond motifs is 5. The highest BCUT2D eigenvalue weighted by molar-refractivity contribution is 8.28. The van der Waals surface area contributed by atoms with Gasteiger partial charge in [-0.05, 0) is 87.0 Å². The van der Waals surface area contributed by atoms with E-state index < -0.39 is 0 Å². The molecule has 5 aromatic rings. The third-order valence-electron chi connectivity index (χ3n) is 10.1. The molecule has 0 N–H and O–H groups in total. The molecule has 0 saturated heterocycles. The van der Waals surface area contributed by atoms with Gasteiger partial charge < -0.3 is 4.90 Å². The van der Waals surface area contributed by atoms with Crippen molar-refractivity contribution < 1.29 is 0 Å². The summed E-state index contributed by atoms with van der Waals surface area (Å²) in [6, 6.07) is 39.2. The highest BCUT2D eigenvalue weighted by Crippen LogP contribution is 2.52. The number of hydrogen-bond acceptors (Lipinski definition) is 2. The number of anilines is 3. The second-order valence-corrected chi connectivity index (χ2v) is 15.5. The Morgan fingerprint density at radius 2 is 1.16 bits per heavy atom. The maximum atomic E-state index is 2.51. The molecule has 2 aliphatic rings. The van der Waals surface area contributed by atoms with E-state index in [0.29, 0.717) is 17.8 Å². The van der Waals surface area contributed by atoms with Gasteiger partial charge in [-0.15, -0.1) is 0 Å². The third-order valence-corrected chi connectivity index (χ3v) is 11.4. The van der Waals surface area contributed by atoms with E-state index >= 15 is 0 Å². The summed E-state index contributed by atoms with van der Waals surface area (Å²) in [5, 5.41) is 0. The summed E-state index contributed by atoms with van der Waals surface area (Å²) >= 11 is 2.03. The van der Waals surface area contributed by atoms with Crippen molar-refractivity contribution >= 4 is 45.6 Å². The van der Waals surface area contributed by atoms with Crippen molar-refractivity contribution in [2.45, 2.75) is 83.5 Å². The predicted octanol–water partition coefficient (Wildman–Crippen LogP) is 11.0. The minimum atomic E-state index is -0.0745. The SMILES string of the molecule is CC(C)c1cc(C(C)C)c(B2Sc3ccccc3-c3cc(N4c5ccccc5C(C)(C)c5ccccc54)ccc32)c(C(C)C)c1. The van der Waals surface area contributed by atoms with E-state index in [4.69, 9.17) is 0 Å². The Morgan fingerprint density at radius 1 is 0.600 bits per heavy atom. The molecular weight excluding hydrogens is 561 g/mol. The lowest BCUT2D eigenvalue weighted by atomic mass is 9.54. The number of rotatable bonds is 5. The summed E-state index contributed by atoms with van der Waals surface area (Å²) in [5.74, 6) is 1.63. The summed E-state index contributed by atoms with van der Waals surface area (Å²) in [6.07, 6.45) is 0. The Hall–Kier alpha value is -3.69. The topological polar surface area (TPSA) is 3.24 Å². The highest BCUT2D eigenvalue weighted by atomic mass is 32.2. The molecule has 0 aliphatic carbocycles. The molecule has 45 heavy (non-hydrogen) atoms. The van der Waals surface area contributed by atoms with Crippen LogP contribution in [-0.4, -0.2) is 5.99 Å². The van der Waals surface area contributed by atoms with Crippen LogP contribution in [0.3, 0.4) is 0 Å². The molecule has 3 heteroatoms. The zero-order valence-corrected chi connectivity index (χ0v) is 28.8. The Balaban J connectivity index is 1.47. The van der Waals surface area contributed by atoms with Crippen molar-refractivity contribution in [3.05, 3.63) is 131 Å². The van der Waals surface area contributed by atoms with Gasteiger partial charge in [-0.25, -0.2) is 0 Å². The summed E-state index contributed by atoms with van der Waals surface area (Å²) in [4.78, 5) is 3.86. The molecule has 1 nitrogen and oxygen atoms in total. The van der Waals surface area contributed by atoms with Gasteiger partial charge in [-0.2, -0.15) is 11.6 Å². The number of para-hydroxylation sites is 2. The fraction of sp³-hybridized carbons (Fsp3) is 0.286. The van der Waals surface area contributed by atoms with Crippen molar-refractivity contribution in [1.29, 1.82) is 0 Å². The standard InChI is InChI=1S/C42H44BNS/c1-26(2)29-23-32(27(3)4)41(33(24-29)28(5)6)43-37-22-21-30(25-34(37)31-15-9-14-20-40(31)45-43)44-38-18-12-10-16-35(38)42(7,8)36-17-11-13-19-39(36)44/h9-28H,1-8H3. The van der Waals surface area contributed by atoms with Gasteiger partial charge in [0.25, 0.3) is 5.99 Å². The first-order valence-corrected chi connectivity index (χ1v) is 17.5. The second-order valence-electron chi connectivity index (χ2n) is 14.3.